The van der Waals surface area contributed by atoms with Gasteiger partial charge in [-0.1, -0.05) is 0 Å². The summed E-state index contributed by atoms with van der Waals surface area (Å²) in [5.74, 6) is -0.392. The van der Waals surface area contributed by atoms with Gasteiger partial charge in [0.25, 0.3) is 0 Å². The zero-order valence-electron chi connectivity index (χ0n) is 9.62. The number of rotatable bonds is 5. The number of hydrogen-bond donors (Lipinski definition) is 3. The third-order valence-electron chi connectivity index (χ3n) is 2.48. The molecule has 0 aliphatic rings. The number of halogens is 1. The molecule has 1 aromatic carbocycles. The number of imidazole rings is 1. The number of aliphatic hydroxyl groups is 2. The molecule has 1 aromatic heterocycles. The normalized spacial score (nSPS) is 12.4. The Kier molecular flexibility index (Phi) is 3.91. The van der Waals surface area contributed by atoms with E-state index >= 15 is 0 Å². The van der Waals surface area contributed by atoms with E-state index in [1.165, 1.54) is 12.4 Å². The van der Waals surface area contributed by atoms with Crippen LogP contribution in [0.1, 0.15) is 0 Å². The summed E-state index contributed by atoms with van der Waals surface area (Å²) in [4.78, 5) is 3.85. The van der Waals surface area contributed by atoms with Crippen LogP contribution in [0.5, 0.6) is 0 Å². The van der Waals surface area contributed by atoms with Gasteiger partial charge in [-0.3, -0.25) is 0 Å². The molecular formula is C12H14FN3O2. The molecule has 0 saturated heterocycles. The zero-order chi connectivity index (χ0) is 13.0. The highest BCUT2D eigenvalue weighted by atomic mass is 19.1. The van der Waals surface area contributed by atoms with Crippen LogP contribution in [0.4, 0.5) is 10.1 Å². The molecule has 0 fully saturated rings. The van der Waals surface area contributed by atoms with Gasteiger partial charge in [0.05, 0.1) is 24.7 Å². The van der Waals surface area contributed by atoms with Gasteiger partial charge < -0.3 is 20.1 Å². The van der Waals surface area contributed by atoms with Crippen LogP contribution < -0.4 is 5.32 Å². The first kappa shape index (κ1) is 12.5. The Morgan fingerprint density at radius 2 is 2.28 bits per heavy atom. The SMILES string of the molecule is OCC(O)CNc1ccc(-n2ccnc2)c(F)c1. The molecule has 1 unspecified atom stereocenters. The van der Waals surface area contributed by atoms with E-state index in [1.807, 2.05) is 0 Å². The number of anilines is 1. The maximum Gasteiger partial charge on any atom is 0.149 e. The van der Waals surface area contributed by atoms with Gasteiger partial charge in [-0.15, -0.1) is 0 Å². The molecular weight excluding hydrogens is 237 g/mol. The number of aromatic nitrogens is 2. The predicted octanol–water partition coefficient (Wildman–Crippen LogP) is 0.777. The largest absolute Gasteiger partial charge is 0.394 e. The van der Waals surface area contributed by atoms with E-state index in [0.29, 0.717) is 11.4 Å². The predicted molar refractivity (Wildman–Crippen MR) is 65.1 cm³/mol. The van der Waals surface area contributed by atoms with E-state index in [-0.39, 0.29) is 13.2 Å². The lowest BCUT2D eigenvalue weighted by atomic mass is 10.2. The summed E-state index contributed by atoms with van der Waals surface area (Å²) in [6, 6.07) is 4.65. The molecule has 0 saturated carbocycles. The van der Waals surface area contributed by atoms with Gasteiger partial charge in [0.1, 0.15) is 5.82 Å². The minimum atomic E-state index is -0.860. The Labute approximate surface area is 104 Å². The average Bonchev–Trinajstić information content (AvgIpc) is 2.89. The Morgan fingerprint density at radius 1 is 1.44 bits per heavy atom. The number of benzene rings is 1. The molecule has 0 aliphatic carbocycles. The smallest absolute Gasteiger partial charge is 0.149 e. The summed E-state index contributed by atoms with van der Waals surface area (Å²) < 4.78 is 15.4. The van der Waals surface area contributed by atoms with E-state index in [0.717, 1.165) is 0 Å². The van der Waals surface area contributed by atoms with Crippen LogP contribution in [0.2, 0.25) is 0 Å². The van der Waals surface area contributed by atoms with E-state index in [2.05, 4.69) is 10.3 Å². The van der Waals surface area contributed by atoms with Crippen molar-refractivity contribution in [2.45, 2.75) is 6.10 Å². The summed E-state index contributed by atoms with van der Waals surface area (Å²) in [5.41, 5.74) is 0.949. The summed E-state index contributed by atoms with van der Waals surface area (Å²) in [6.07, 6.45) is 3.88. The van der Waals surface area contributed by atoms with Crippen molar-refractivity contribution in [3.8, 4) is 5.69 Å². The minimum absolute atomic E-state index is 0.167. The van der Waals surface area contributed by atoms with Crippen LogP contribution >= 0.6 is 0 Å². The van der Waals surface area contributed by atoms with Crippen LogP contribution in [-0.4, -0.2) is 39.0 Å². The number of hydrogen-bond acceptors (Lipinski definition) is 4. The molecule has 0 bridgehead atoms. The maximum absolute atomic E-state index is 13.8. The van der Waals surface area contributed by atoms with Crippen molar-refractivity contribution >= 4 is 5.69 Å². The molecule has 0 amide bonds. The van der Waals surface area contributed by atoms with Crippen LogP contribution in [-0.2, 0) is 0 Å². The fraction of sp³-hybridized carbons (Fsp3) is 0.250. The van der Waals surface area contributed by atoms with Crippen molar-refractivity contribution in [2.24, 2.45) is 0 Å². The van der Waals surface area contributed by atoms with E-state index in [4.69, 9.17) is 5.11 Å². The van der Waals surface area contributed by atoms with Crippen molar-refractivity contribution < 1.29 is 14.6 Å². The molecule has 18 heavy (non-hydrogen) atoms. The Hall–Kier alpha value is -1.92. The van der Waals surface area contributed by atoms with Crippen molar-refractivity contribution in [1.29, 1.82) is 0 Å². The lowest BCUT2D eigenvalue weighted by Gasteiger charge is -2.11. The van der Waals surface area contributed by atoms with Gasteiger partial charge in [0.15, 0.2) is 0 Å². The highest BCUT2D eigenvalue weighted by Gasteiger charge is 2.06. The van der Waals surface area contributed by atoms with E-state index < -0.39 is 11.9 Å². The average molecular weight is 251 g/mol. The topological polar surface area (TPSA) is 70.3 Å². The molecule has 1 atom stereocenters. The van der Waals surface area contributed by atoms with Crippen LogP contribution in [0.25, 0.3) is 5.69 Å². The Bertz CT molecular complexity index is 502. The highest BCUT2D eigenvalue weighted by Crippen LogP contribution is 2.17. The molecule has 0 radical (unpaired) electrons. The van der Waals surface area contributed by atoms with Gasteiger partial charge >= 0.3 is 0 Å². The number of nitrogens with zero attached hydrogens (tertiary/aromatic N) is 2. The quantitative estimate of drug-likeness (QED) is 0.734. The monoisotopic (exact) mass is 251 g/mol. The molecule has 1 heterocycles. The lowest BCUT2D eigenvalue weighted by molar-refractivity contribution is 0.105. The van der Waals surface area contributed by atoms with Gasteiger partial charge in [-0.2, -0.15) is 0 Å². The van der Waals surface area contributed by atoms with Crippen molar-refractivity contribution in [2.75, 3.05) is 18.5 Å². The van der Waals surface area contributed by atoms with E-state index in [9.17, 15) is 9.50 Å². The van der Waals surface area contributed by atoms with Crippen LogP contribution in [0.3, 0.4) is 0 Å². The van der Waals surface area contributed by atoms with Gasteiger partial charge in [0.2, 0.25) is 0 Å². The minimum Gasteiger partial charge on any atom is -0.394 e. The van der Waals surface area contributed by atoms with Crippen LogP contribution in [0.15, 0.2) is 36.9 Å². The second-order valence-corrected chi connectivity index (χ2v) is 3.85. The summed E-state index contributed by atoms with van der Waals surface area (Å²) in [7, 11) is 0. The molecule has 5 nitrogen and oxygen atoms in total. The first-order valence-corrected chi connectivity index (χ1v) is 5.51. The molecule has 0 aliphatic heterocycles. The fourth-order valence-corrected chi connectivity index (χ4v) is 1.53. The van der Waals surface area contributed by atoms with Gasteiger partial charge in [-0.25, -0.2) is 9.37 Å². The molecule has 3 N–H and O–H groups in total. The van der Waals surface area contributed by atoms with Gasteiger partial charge in [0, 0.05) is 24.6 Å². The summed E-state index contributed by atoms with van der Waals surface area (Å²) >= 11 is 0. The molecule has 2 rings (SSSR count). The zero-order valence-corrected chi connectivity index (χ0v) is 9.62. The third-order valence-corrected chi connectivity index (χ3v) is 2.48. The fourth-order valence-electron chi connectivity index (χ4n) is 1.53. The summed E-state index contributed by atoms with van der Waals surface area (Å²) in [5, 5.41) is 20.7. The standard InChI is InChI=1S/C12H14FN3O2/c13-11-5-9(15-6-10(18)7-17)1-2-12(11)16-4-3-14-8-16/h1-5,8,10,15,17-18H,6-7H2. The van der Waals surface area contributed by atoms with Crippen molar-refractivity contribution in [3.63, 3.8) is 0 Å². The number of nitrogens with one attached hydrogen (secondary N) is 1. The molecule has 2 aromatic rings. The molecule has 96 valence electrons. The van der Waals surface area contributed by atoms with E-state index in [1.54, 1.807) is 29.1 Å². The third kappa shape index (κ3) is 2.85. The molecule has 6 heteroatoms. The maximum atomic E-state index is 13.8. The lowest BCUT2D eigenvalue weighted by Crippen LogP contribution is -2.22. The van der Waals surface area contributed by atoms with Gasteiger partial charge in [-0.05, 0) is 18.2 Å². The first-order valence-electron chi connectivity index (χ1n) is 5.51. The first-order chi connectivity index (χ1) is 8.70. The van der Waals surface area contributed by atoms with Crippen molar-refractivity contribution in [3.05, 3.63) is 42.7 Å². The molecule has 0 spiro atoms. The van der Waals surface area contributed by atoms with Crippen molar-refractivity contribution in [1.82, 2.24) is 9.55 Å². The summed E-state index contributed by atoms with van der Waals surface area (Å²) in [6.45, 7) is -0.164. The second kappa shape index (κ2) is 5.61. The Morgan fingerprint density at radius 3 is 2.89 bits per heavy atom. The second-order valence-electron chi connectivity index (χ2n) is 3.85. The van der Waals surface area contributed by atoms with Crippen LogP contribution in [0, 0.1) is 5.82 Å². The number of aliphatic hydroxyl groups excluding tert-OH is 2. The Balaban J connectivity index is 2.10. The highest BCUT2D eigenvalue weighted by molar-refractivity contribution is 5.49.